The summed E-state index contributed by atoms with van der Waals surface area (Å²) >= 11 is 0. The Balaban J connectivity index is 1.72. The van der Waals surface area contributed by atoms with Gasteiger partial charge in [-0.25, -0.2) is 0 Å². The number of carbonyl (C=O) groups excluding carboxylic acids is 2. The summed E-state index contributed by atoms with van der Waals surface area (Å²) in [5.74, 6) is -0.544. The van der Waals surface area contributed by atoms with E-state index < -0.39 is 10.5 Å². The second-order valence-electron chi connectivity index (χ2n) is 7.17. The second kappa shape index (κ2) is 6.30. The van der Waals surface area contributed by atoms with Crippen LogP contribution < -0.4 is 0 Å². The summed E-state index contributed by atoms with van der Waals surface area (Å²) in [4.78, 5) is 39.9. The number of hydrogen-bond acceptors (Lipinski definition) is 4. The molecule has 0 N–H and O–H groups in total. The molecule has 2 amide bonds. The summed E-state index contributed by atoms with van der Waals surface area (Å²) < 4.78 is 0. The first-order valence-corrected chi connectivity index (χ1v) is 8.94. The maximum absolute atomic E-state index is 13.2. The summed E-state index contributed by atoms with van der Waals surface area (Å²) in [6.07, 6.45) is 1.99. The van der Waals surface area contributed by atoms with Crippen molar-refractivity contribution in [1.82, 2.24) is 9.80 Å². The Hall–Kier alpha value is -3.48. The molecular formula is C21H19N3O4. The number of piperazine rings is 1. The number of nitrogens with zero attached hydrogens (tertiary/aromatic N) is 3. The zero-order valence-corrected chi connectivity index (χ0v) is 15.5. The van der Waals surface area contributed by atoms with Gasteiger partial charge in [0.2, 0.25) is 0 Å². The third-order valence-corrected chi connectivity index (χ3v) is 5.72. The number of likely N-dealkylation sites (N-methyl/N-ethyl adjacent to an activating group) is 2. The van der Waals surface area contributed by atoms with Crippen LogP contribution in [0.1, 0.15) is 23.5 Å². The van der Waals surface area contributed by atoms with Crippen LogP contribution in [0, 0.1) is 10.1 Å². The van der Waals surface area contributed by atoms with Gasteiger partial charge in [-0.2, -0.15) is 0 Å². The van der Waals surface area contributed by atoms with E-state index in [1.807, 2.05) is 30.3 Å². The Morgan fingerprint density at radius 3 is 2.39 bits per heavy atom. The summed E-state index contributed by atoms with van der Waals surface area (Å²) in [6, 6.07) is 15.8. The molecule has 28 heavy (non-hydrogen) atoms. The molecule has 2 aliphatic rings. The van der Waals surface area contributed by atoms with E-state index in [4.69, 9.17) is 0 Å². The average molecular weight is 377 g/mol. The quantitative estimate of drug-likeness (QED) is 0.468. The van der Waals surface area contributed by atoms with E-state index >= 15 is 0 Å². The van der Waals surface area contributed by atoms with Gasteiger partial charge in [0.15, 0.2) is 0 Å². The van der Waals surface area contributed by atoms with Crippen LogP contribution in [-0.4, -0.2) is 46.2 Å². The zero-order chi connectivity index (χ0) is 20.1. The fraction of sp³-hybridized carbons (Fsp3) is 0.238. The van der Waals surface area contributed by atoms with Gasteiger partial charge >= 0.3 is 0 Å². The van der Waals surface area contributed by atoms with Crippen molar-refractivity contribution in [3.63, 3.8) is 0 Å². The zero-order valence-electron chi connectivity index (χ0n) is 15.5. The van der Waals surface area contributed by atoms with Crippen LogP contribution in [0.4, 0.5) is 5.69 Å². The molecule has 1 spiro atoms. The van der Waals surface area contributed by atoms with Crippen molar-refractivity contribution in [2.75, 3.05) is 14.1 Å². The molecule has 7 heteroatoms. The summed E-state index contributed by atoms with van der Waals surface area (Å²) in [5, 5.41) is 11.3. The van der Waals surface area contributed by atoms with Gasteiger partial charge in [-0.1, -0.05) is 42.5 Å². The van der Waals surface area contributed by atoms with Gasteiger partial charge in [-0.3, -0.25) is 19.7 Å². The van der Waals surface area contributed by atoms with Crippen molar-refractivity contribution < 1.29 is 14.5 Å². The van der Waals surface area contributed by atoms with Crippen molar-refractivity contribution in [1.29, 1.82) is 0 Å². The molecule has 7 nitrogen and oxygen atoms in total. The molecule has 1 saturated heterocycles. The van der Waals surface area contributed by atoms with Gasteiger partial charge in [0.05, 0.1) is 10.5 Å². The third-order valence-electron chi connectivity index (χ3n) is 5.72. The van der Waals surface area contributed by atoms with Gasteiger partial charge in [0, 0.05) is 26.1 Å². The maximum atomic E-state index is 13.2. The average Bonchev–Trinajstić information content (AvgIpc) is 3.46. The SMILES string of the molecule is CN1C(=O)C2(CC2c2ccccc2)N(C)C(=O)C1=Cc1ccccc1[N+](=O)[O-]. The van der Waals surface area contributed by atoms with E-state index in [1.165, 1.54) is 21.9 Å². The molecule has 4 rings (SSSR count). The fourth-order valence-electron chi connectivity index (χ4n) is 4.06. The van der Waals surface area contributed by atoms with Crippen molar-refractivity contribution in [3.8, 4) is 0 Å². The maximum Gasteiger partial charge on any atom is 0.276 e. The summed E-state index contributed by atoms with van der Waals surface area (Å²) in [7, 11) is 3.18. The molecule has 1 heterocycles. The molecule has 1 aliphatic carbocycles. The van der Waals surface area contributed by atoms with E-state index in [0.29, 0.717) is 6.42 Å². The molecule has 1 saturated carbocycles. The largest absolute Gasteiger partial charge is 0.325 e. The number of carbonyl (C=O) groups is 2. The van der Waals surface area contributed by atoms with E-state index in [9.17, 15) is 19.7 Å². The van der Waals surface area contributed by atoms with Crippen LogP contribution in [0.2, 0.25) is 0 Å². The minimum atomic E-state index is -0.882. The number of para-hydroxylation sites is 1. The lowest BCUT2D eigenvalue weighted by Crippen LogP contribution is -2.58. The predicted octanol–water partition coefficient (Wildman–Crippen LogP) is 2.79. The lowest BCUT2D eigenvalue weighted by atomic mass is 9.99. The highest BCUT2D eigenvalue weighted by molar-refractivity contribution is 6.11. The Labute approximate surface area is 162 Å². The third kappa shape index (κ3) is 2.51. The topological polar surface area (TPSA) is 83.8 Å². The number of nitro groups is 1. The first-order chi connectivity index (χ1) is 13.4. The van der Waals surface area contributed by atoms with Crippen molar-refractivity contribution in [2.45, 2.75) is 17.9 Å². The van der Waals surface area contributed by atoms with Crippen molar-refractivity contribution in [2.24, 2.45) is 0 Å². The number of amides is 2. The molecule has 2 atom stereocenters. The number of hydrogen-bond donors (Lipinski definition) is 0. The number of benzene rings is 2. The molecule has 0 bridgehead atoms. The minimum absolute atomic E-state index is 0.0507. The molecule has 0 aromatic heterocycles. The van der Waals surface area contributed by atoms with Crippen LogP contribution in [0.3, 0.4) is 0 Å². The van der Waals surface area contributed by atoms with E-state index in [1.54, 1.807) is 32.3 Å². The van der Waals surface area contributed by atoms with Crippen molar-refractivity contribution >= 4 is 23.6 Å². The Morgan fingerprint density at radius 1 is 1.07 bits per heavy atom. The summed E-state index contributed by atoms with van der Waals surface area (Å²) in [6.45, 7) is 0. The standard InChI is InChI=1S/C21H19N3O4/c1-22-18(12-15-10-6-7-11-17(15)24(27)28)19(25)23(2)21(20(22)26)13-16(21)14-8-4-3-5-9-14/h3-12,16H,13H2,1-2H3. The Kier molecular flexibility index (Phi) is 4.03. The first kappa shape index (κ1) is 17.9. The van der Waals surface area contributed by atoms with Gasteiger partial charge in [0.1, 0.15) is 11.2 Å². The highest BCUT2D eigenvalue weighted by Crippen LogP contribution is 2.58. The molecular weight excluding hydrogens is 358 g/mol. The molecule has 0 radical (unpaired) electrons. The number of nitro benzene ring substituents is 1. The van der Waals surface area contributed by atoms with Crippen LogP contribution in [-0.2, 0) is 9.59 Å². The Morgan fingerprint density at radius 2 is 1.71 bits per heavy atom. The van der Waals surface area contributed by atoms with Crippen molar-refractivity contribution in [3.05, 3.63) is 81.5 Å². The van der Waals surface area contributed by atoms with Crippen LogP contribution in [0.25, 0.3) is 6.08 Å². The fourth-order valence-corrected chi connectivity index (χ4v) is 4.06. The minimum Gasteiger partial charge on any atom is -0.325 e. The van der Waals surface area contributed by atoms with Gasteiger partial charge in [0.25, 0.3) is 17.5 Å². The van der Waals surface area contributed by atoms with Gasteiger partial charge in [-0.15, -0.1) is 0 Å². The van der Waals surface area contributed by atoms with Crippen LogP contribution in [0.15, 0.2) is 60.3 Å². The summed E-state index contributed by atoms with van der Waals surface area (Å²) in [5.41, 5.74) is 0.448. The normalized spacial score (nSPS) is 25.5. The first-order valence-electron chi connectivity index (χ1n) is 8.94. The highest BCUT2D eigenvalue weighted by Gasteiger charge is 2.68. The highest BCUT2D eigenvalue weighted by atomic mass is 16.6. The predicted molar refractivity (Wildman–Crippen MR) is 103 cm³/mol. The van der Waals surface area contributed by atoms with Crippen LogP contribution >= 0.6 is 0 Å². The smallest absolute Gasteiger partial charge is 0.276 e. The van der Waals surface area contributed by atoms with Gasteiger partial charge < -0.3 is 9.80 Å². The van der Waals surface area contributed by atoms with E-state index in [2.05, 4.69) is 0 Å². The molecule has 2 fully saturated rings. The van der Waals surface area contributed by atoms with Crippen LogP contribution in [0.5, 0.6) is 0 Å². The molecule has 2 aromatic rings. The monoisotopic (exact) mass is 377 g/mol. The van der Waals surface area contributed by atoms with Gasteiger partial charge in [-0.05, 0) is 24.1 Å². The Bertz CT molecular complexity index is 1020. The molecule has 142 valence electrons. The van der Waals surface area contributed by atoms with E-state index in [0.717, 1.165) is 5.56 Å². The lowest BCUT2D eigenvalue weighted by Gasteiger charge is -2.39. The lowest BCUT2D eigenvalue weighted by molar-refractivity contribution is -0.385. The number of rotatable bonds is 3. The molecule has 1 aliphatic heterocycles. The van der Waals surface area contributed by atoms with E-state index in [-0.39, 0.29) is 34.7 Å². The molecule has 2 aromatic carbocycles. The second-order valence-corrected chi connectivity index (χ2v) is 7.17. The molecule has 2 unspecified atom stereocenters.